The predicted molar refractivity (Wildman–Crippen MR) is 99.8 cm³/mol. The first-order chi connectivity index (χ1) is 12.3. The van der Waals surface area contributed by atoms with Crippen LogP contribution in [0.3, 0.4) is 0 Å². The first-order valence-electron chi connectivity index (χ1n) is 7.87. The fourth-order valence-electron chi connectivity index (χ4n) is 2.94. The molecule has 0 amide bonds. The van der Waals surface area contributed by atoms with Crippen LogP contribution < -0.4 is 4.74 Å². The standard InChI is InChI=1S/C20H15N3OS/c1-24-16-9-7-14(8-10-16)18-13-25-20-22-19(15-5-3-2-4-6-15)17(11-12-21)23(18)20/h2-10,13H,11H2,1H3. The van der Waals surface area contributed by atoms with Crippen molar-refractivity contribution in [1.82, 2.24) is 9.38 Å². The number of thiazole rings is 1. The van der Waals surface area contributed by atoms with E-state index >= 15 is 0 Å². The Morgan fingerprint density at radius 3 is 2.52 bits per heavy atom. The van der Waals surface area contributed by atoms with Gasteiger partial charge in [0, 0.05) is 10.9 Å². The molecule has 0 radical (unpaired) electrons. The number of nitriles is 1. The van der Waals surface area contributed by atoms with Gasteiger partial charge in [-0.25, -0.2) is 4.98 Å². The molecule has 0 bridgehead atoms. The van der Waals surface area contributed by atoms with Crippen molar-refractivity contribution in [3.63, 3.8) is 0 Å². The second-order valence-corrected chi connectivity index (χ2v) is 6.41. The summed E-state index contributed by atoms with van der Waals surface area (Å²) in [4.78, 5) is 5.69. The maximum Gasteiger partial charge on any atom is 0.194 e. The molecular weight excluding hydrogens is 330 g/mol. The molecule has 0 unspecified atom stereocenters. The first kappa shape index (κ1) is 15.4. The van der Waals surface area contributed by atoms with E-state index in [1.807, 2.05) is 54.6 Å². The molecule has 4 rings (SSSR count). The summed E-state index contributed by atoms with van der Waals surface area (Å²) in [5.41, 5.74) is 4.95. The number of aromatic nitrogens is 2. The number of ether oxygens (including phenoxy) is 1. The molecule has 5 heteroatoms. The Morgan fingerprint density at radius 1 is 1.08 bits per heavy atom. The Hall–Kier alpha value is -3.10. The van der Waals surface area contributed by atoms with Gasteiger partial charge in [-0.05, 0) is 29.8 Å². The van der Waals surface area contributed by atoms with Crippen molar-refractivity contribution >= 4 is 16.3 Å². The van der Waals surface area contributed by atoms with Crippen LogP contribution in [-0.2, 0) is 6.42 Å². The molecule has 2 heterocycles. The SMILES string of the molecule is COc1ccc(-c2csc3nc(-c4ccccc4)c(CC#N)n23)cc1. The average molecular weight is 345 g/mol. The normalized spacial score (nSPS) is 10.7. The maximum atomic E-state index is 9.33. The second-order valence-electron chi connectivity index (χ2n) is 5.58. The minimum absolute atomic E-state index is 0.311. The topological polar surface area (TPSA) is 50.3 Å². The van der Waals surface area contributed by atoms with Crippen molar-refractivity contribution < 1.29 is 4.74 Å². The molecule has 0 saturated carbocycles. The highest BCUT2D eigenvalue weighted by Gasteiger charge is 2.18. The molecule has 4 nitrogen and oxygen atoms in total. The third-order valence-electron chi connectivity index (χ3n) is 4.14. The largest absolute Gasteiger partial charge is 0.497 e. The zero-order chi connectivity index (χ0) is 17.2. The lowest BCUT2D eigenvalue weighted by atomic mass is 10.1. The molecule has 0 saturated heterocycles. The molecule has 0 N–H and O–H groups in total. The molecule has 0 fully saturated rings. The van der Waals surface area contributed by atoms with E-state index in [9.17, 15) is 5.26 Å². The first-order valence-corrected chi connectivity index (χ1v) is 8.75. The summed E-state index contributed by atoms with van der Waals surface area (Å²) in [5, 5.41) is 11.4. The zero-order valence-electron chi connectivity index (χ0n) is 13.6. The molecule has 25 heavy (non-hydrogen) atoms. The molecule has 0 atom stereocenters. The summed E-state index contributed by atoms with van der Waals surface area (Å²) in [6, 6.07) is 20.2. The van der Waals surface area contributed by atoms with Gasteiger partial charge in [0.05, 0.1) is 36.7 Å². The van der Waals surface area contributed by atoms with E-state index in [1.54, 1.807) is 18.4 Å². The van der Waals surface area contributed by atoms with E-state index in [4.69, 9.17) is 9.72 Å². The smallest absolute Gasteiger partial charge is 0.194 e. The van der Waals surface area contributed by atoms with Crippen molar-refractivity contribution in [2.24, 2.45) is 0 Å². The second kappa shape index (κ2) is 6.42. The number of hydrogen-bond donors (Lipinski definition) is 0. The lowest BCUT2D eigenvalue weighted by Crippen LogP contribution is -1.95. The third-order valence-corrected chi connectivity index (χ3v) is 4.96. The van der Waals surface area contributed by atoms with Crippen LogP contribution in [0.15, 0.2) is 60.0 Å². The van der Waals surface area contributed by atoms with Gasteiger partial charge in [0.1, 0.15) is 5.75 Å². The minimum Gasteiger partial charge on any atom is -0.497 e. The van der Waals surface area contributed by atoms with Crippen molar-refractivity contribution in [2.45, 2.75) is 6.42 Å². The van der Waals surface area contributed by atoms with Crippen LogP contribution in [-0.4, -0.2) is 16.5 Å². The van der Waals surface area contributed by atoms with Crippen molar-refractivity contribution in [2.75, 3.05) is 7.11 Å². The van der Waals surface area contributed by atoms with Gasteiger partial charge >= 0.3 is 0 Å². The number of fused-ring (bicyclic) bond motifs is 1. The van der Waals surface area contributed by atoms with E-state index in [0.717, 1.165) is 38.9 Å². The molecule has 122 valence electrons. The van der Waals surface area contributed by atoms with Crippen LogP contribution in [0.4, 0.5) is 0 Å². The van der Waals surface area contributed by atoms with E-state index in [-0.39, 0.29) is 0 Å². The fourth-order valence-corrected chi connectivity index (χ4v) is 3.86. The Morgan fingerprint density at radius 2 is 1.84 bits per heavy atom. The predicted octanol–water partition coefficient (Wildman–Crippen LogP) is 4.80. The van der Waals surface area contributed by atoms with Gasteiger partial charge in [0.15, 0.2) is 4.96 Å². The van der Waals surface area contributed by atoms with Crippen LogP contribution in [0, 0.1) is 11.3 Å². The summed E-state index contributed by atoms with van der Waals surface area (Å²) >= 11 is 1.59. The van der Waals surface area contributed by atoms with Gasteiger partial charge in [-0.15, -0.1) is 11.3 Å². The van der Waals surface area contributed by atoms with E-state index < -0.39 is 0 Å². The summed E-state index contributed by atoms with van der Waals surface area (Å²) in [5.74, 6) is 0.822. The molecule has 4 aromatic rings. The van der Waals surface area contributed by atoms with Crippen molar-refractivity contribution in [3.05, 3.63) is 65.7 Å². The number of hydrogen-bond acceptors (Lipinski definition) is 4. The summed E-state index contributed by atoms with van der Waals surface area (Å²) in [7, 11) is 1.66. The van der Waals surface area contributed by atoms with Crippen molar-refractivity contribution in [3.8, 4) is 34.3 Å². The summed E-state index contributed by atoms with van der Waals surface area (Å²) in [6.45, 7) is 0. The highest BCUT2D eigenvalue weighted by Crippen LogP contribution is 2.33. The molecule has 2 aromatic heterocycles. The molecule has 0 aliphatic rings. The van der Waals surface area contributed by atoms with Crippen LogP contribution in [0.25, 0.3) is 27.5 Å². The van der Waals surface area contributed by atoms with Crippen LogP contribution >= 0.6 is 11.3 Å². The van der Waals surface area contributed by atoms with Crippen LogP contribution in [0.1, 0.15) is 5.69 Å². The molecule has 2 aromatic carbocycles. The van der Waals surface area contributed by atoms with Gasteiger partial charge in [-0.2, -0.15) is 5.26 Å². The third kappa shape index (κ3) is 2.67. The summed E-state index contributed by atoms with van der Waals surface area (Å²) < 4.78 is 7.33. The van der Waals surface area contributed by atoms with E-state index in [2.05, 4.69) is 15.8 Å². The maximum absolute atomic E-state index is 9.33. The highest BCUT2D eigenvalue weighted by atomic mass is 32.1. The zero-order valence-corrected chi connectivity index (χ0v) is 14.5. The van der Waals surface area contributed by atoms with Crippen molar-refractivity contribution in [1.29, 1.82) is 5.26 Å². The van der Waals surface area contributed by atoms with Gasteiger partial charge in [0.2, 0.25) is 0 Å². The van der Waals surface area contributed by atoms with Gasteiger partial charge in [-0.1, -0.05) is 30.3 Å². The number of rotatable bonds is 4. The molecule has 0 aliphatic heterocycles. The number of imidazole rings is 1. The number of benzene rings is 2. The van der Waals surface area contributed by atoms with Gasteiger partial charge in [0.25, 0.3) is 0 Å². The van der Waals surface area contributed by atoms with Gasteiger partial charge in [-0.3, -0.25) is 4.40 Å². The fraction of sp³-hybridized carbons (Fsp3) is 0.100. The monoisotopic (exact) mass is 345 g/mol. The average Bonchev–Trinajstić information content (AvgIpc) is 3.23. The highest BCUT2D eigenvalue weighted by molar-refractivity contribution is 7.15. The van der Waals surface area contributed by atoms with Crippen LogP contribution in [0.5, 0.6) is 5.75 Å². The van der Waals surface area contributed by atoms with E-state index in [0.29, 0.717) is 6.42 Å². The summed E-state index contributed by atoms with van der Waals surface area (Å²) in [6.07, 6.45) is 0.311. The lowest BCUT2D eigenvalue weighted by Gasteiger charge is -2.06. The molecule has 0 spiro atoms. The Bertz CT molecular complexity index is 1060. The Balaban J connectivity index is 1.92. The number of nitrogens with zero attached hydrogens (tertiary/aromatic N) is 3. The Labute approximate surface area is 149 Å². The van der Waals surface area contributed by atoms with Crippen LogP contribution in [0.2, 0.25) is 0 Å². The molecular formula is C20H15N3OS. The van der Waals surface area contributed by atoms with E-state index in [1.165, 1.54) is 0 Å². The molecule has 0 aliphatic carbocycles. The lowest BCUT2D eigenvalue weighted by molar-refractivity contribution is 0.415. The quantitative estimate of drug-likeness (QED) is 0.533. The Kier molecular flexibility index (Phi) is 3.96. The number of methoxy groups -OCH3 is 1. The minimum atomic E-state index is 0.311. The van der Waals surface area contributed by atoms with Gasteiger partial charge < -0.3 is 4.74 Å².